The summed E-state index contributed by atoms with van der Waals surface area (Å²) in [5, 5.41) is 3.09. The highest BCUT2D eigenvalue weighted by Gasteiger charge is 2.36. The molecule has 2 aliphatic rings. The van der Waals surface area contributed by atoms with Crippen LogP contribution in [0.5, 0.6) is 0 Å². The number of anilines is 3. The molecule has 1 fully saturated rings. The Kier molecular flexibility index (Phi) is 5.44. The number of rotatable bonds is 5. The van der Waals surface area contributed by atoms with E-state index in [1.807, 2.05) is 26.0 Å². The maximum absolute atomic E-state index is 13.2. The van der Waals surface area contributed by atoms with E-state index >= 15 is 0 Å². The number of nitrogens with zero attached hydrogens (tertiary/aromatic N) is 5. The molecule has 10 heteroatoms. The molecule has 0 aromatic carbocycles. The minimum atomic E-state index is -0.777. The summed E-state index contributed by atoms with van der Waals surface area (Å²) in [7, 11) is 5.56. The van der Waals surface area contributed by atoms with Gasteiger partial charge >= 0.3 is 6.09 Å². The van der Waals surface area contributed by atoms with E-state index in [4.69, 9.17) is 4.74 Å². The summed E-state index contributed by atoms with van der Waals surface area (Å²) in [5.74, 6) is 3.39. The average molecular weight is 424 g/mol. The van der Waals surface area contributed by atoms with Crippen LogP contribution in [0.15, 0.2) is 24.3 Å². The molecule has 1 atom stereocenters. The van der Waals surface area contributed by atoms with Gasteiger partial charge in [0, 0.05) is 26.2 Å². The minimum Gasteiger partial charge on any atom is -0.446 e. The van der Waals surface area contributed by atoms with Crippen LogP contribution in [0.1, 0.15) is 21.6 Å². The fraction of sp³-hybridized carbons (Fsp3) is 0.333. The second-order valence-electron chi connectivity index (χ2n) is 7.32. The van der Waals surface area contributed by atoms with Gasteiger partial charge in [-0.1, -0.05) is 6.07 Å². The molecule has 2 aliphatic heterocycles. The molecule has 4 heterocycles. The second kappa shape index (κ2) is 8.20. The number of amides is 2. The smallest absolute Gasteiger partial charge is 0.416 e. The van der Waals surface area contributed by atoms with Crippen LogP contribution in [0.4, 0.5) is 26.6 Å². The highest BCUT2D eigenvalue weighted by molar-refractivity contribution is 6.10. The van der Waals surface area contributed by atoms with Crippen molar-refractivity contribution in [3.8, 4) is 12.1 Å². The average Bonchev–Trinajstić information content (AvgIpc) is 3.29. The number of ether oxygens (including phenoxy) is 1. The van der Waals surface area contributed by atoms with Gasteiger partial charge in [0.1, 0.15) is 36.3 Å². The Hall–Kier alpha value is -3.71. The highest BCUT2D eigenvalue weighted by atomic mass is 19.1. The minimum absolute atomic E-state index is 0.0535. The Morgan fingerprint density at radius 3 is 2.77 bits per heavy atom. The van der Waals surface area contributed by atoms with E-state index in [2.05, 4.69) is 21.2 Å². The number of carbonyl (C=O) groups excluding carboxylic acids is 2. The van der Waals surface area contributed by atoms with Crippen molar-refractivity contribution in [3.05, 3.63) is 41.1 Å². The lowest BCUT2D eigenvalue weighted by atomic mass is 10.1. The van der Waals surface area contributed by atoms with Crippen molar-refractivity contribution in [1.29, 1.82) is 0 Å². The standard InChI is InChI=1S/C21H21FN6O3/c1-23-10-16-15-11-27(20(29)14(15)9-19(24-16)26(2)3)17-5-4-6-18(25-17)28-13(7-8-22)12-31-21(28)30/h4-6,9,13,23H,10-12H2,1-3H3/t13-/m0/s1. The van der Waals surface area contributed by atoms with Gasteiger partial charge in [-0.3, -0.25) is 9.69 Å². The first-order valence-electron chi connectivity index (χ1n) is 9.65. The van der Waals surface area contributed by atoms with Crippen LogP contribution >= 0.6 is 0 Å². The summed E-state index contributed by atoms with van der Waals surface area (Å²) in [5.41, 5.74) is 2.19. The number of nitrogens with one attached hydrogen (secondary N) is 1. The Morgan fingerprint density at radius 1 is 1.29 bits per heavy atom. The summed E-state index contributed by atoms with van der Waals surface area (Å²) in [6.07, 6.45) is 0.656. The predicted molar refractivity (Wildman–Crippen MR) is 113 cm³/mol. The Morgan fingerprint density at radius 2 is 2.06 bits per heavy atom. The molecular weight excluding hydrogens is 403 g/mol. The van der Waals surface area contributed by atoms with E-state index in [1.54, 1.807) is 24.3 Å². The first-order chi connectivity index (χ1) is 14.9. The second-order valence-corrected chi connectivity index (χ2v) is 7.32. The number of fused-ring (bicyclic) bond motifs is 1. The molecule has 1 N–H and O–H groups in total. The number of hydrogen-bond acceptors (Lipinski definition) is 7. The van der Waals surface area contributed by atoms with E-state index < -0.39 is 12.1 Å². The molecule has 1 saturated heterocycles. The van der Waals surface area contributed by atoms with Crippen LogP contribution in [0.2, 0.25) is 0 Å². The third-order valence-corrected chi connectivity index (χ3v) is 5.13. The van der Waals surface area contributed by atoms with E-state index in [0.717, 1.165) is 11.3 Å². The number of carbonyl (C=O) groups is 2. The normalized spacial score (nSPS) is 17.4. The highest BCUT2D eigenvalue weighted by Crippen LogP contribution is 2.32. The van der Waals surface area contributed by atoms with Gasteiger partial charge in [0.05, 0.1) is 17.8 Å². The Labute approximate surface area is 178 Å². The number of pyridine rings is 2. The van der Waals surface area contributed by atoms with Gasteiger partial charge in [0.2, 0.25) is 0 Å². The van der Waals surface area contributed by atoms with Gasteiger partial charge in [0.25, 0.3) is 5.91 Å². The summed E-state index contributed by atoms with van der Waals surface area (Å²) >= 11 is 0. The van der Waals surface area contributed by atoms with Crippen molar-refractivity contribution in [1.82, 2.24) is 15.3 Å². The van der Waals surface area contributed by atoms with Crippen LogP contribution in [-0.4, -0.2) is 55.8 Å². The van der Waals surface area contributed by atoms with Gasteiger partial charge in [-0.15, -0.1) is 4.39 Å². The van der Waals surface area contributed by atoms with E-state index in [0.29, 0.717) is 30.3 Å². The third-order valence-electron chi connectivity index (χ3n) is 5.13. The van der Waals surface area contributed by atoms with Crippen LogP contribution in [0.3, 0.4) is 0 Å². The van der Waals surface area contributed by atoms with Gasteiger partial charge < -0.3 is 15.0 Å². The molecule has 2 amide bonds. The maximum atomic E-state index is 13.2. The molecule has 0 radical (unpaired) electrons. The Bertz CT molecular complexity index is 1110. The van der Waals surface area contributed by atoms with E-state index in [-0.39, 0.29) is 18.3 Å². The van der Waals surface area contributed by atoms with Crippen molar-refractivity contribution in [3.63, 3.8) is 0 Å². The van der Waals surface area contributed by atoms with Crippen LogP contribution in [-0.2, 0) is 17.8 Å². The fourth-order valence-corrected chi connectivity index (χ4v) is 3.62. The molecule has 0 aliphatic carbocycles. The van der Waals surface area contributed by atoms with Crippen molar-refractivity contribution in [2.75, 3.05) is 42.4 Å². The summed E-state index contributed by atoms with van der Waals surface area (Å²) in [6, 6.07) is 5.95. The maximum Gasteiger partial charge on any atom is 0.416 e. The summed E-state index contributed by atoms with van der Waals surface area (Å²) < 4.78 is 17.5. The monoisotopic (exact) mass is 424 g/mol. The lowest BCUT2D eigenvalue weighted by molar-refractivity contribution is 0.0996. The predicted octanol–water partition coefficient (Wildman–Crippen LogP) is 1.68. The largest absolute Gasteiger partial charge is 0.446 e. The lowest BCUT2D eigenvalue weighted by Crippen LogP contribution is -2.33. The SMILES string of the molecule is CNCc1nc(N(C)C)cc2c1CN(c1cccc(N3C(=O)OC[C@@H]3C#CF)n1)C2=O. The van der Waals surface area contributed by atoms with E-state index in [1.165, 1.54) is 16.0 Å². The molecule has 2 aromatic rings. The number of hydrogen-bond donors (Lipinski definition) is 1. The van der Waals surface area contributed by atoms with E-state index in [9.17, 15) is 14.0 Å². The molecule has 0 bridgehead atoms. The van der Waals surface area contributed by atoms with Crippen LogP contribution in [0.25, 0.3) is 0 Å². The number of halogens is 1. The molecular formula is C21H21FN6O3. The number of aromatic nitrogens is 2. The van der Waals surface area contributed by atoms with Crippen molar-refractivity contribution < 1.29 is 18.7 Å². The van der Waals surface area contributed by atoms with Gasteiger partial charge in [-0.25, -0.2) is 19.7 Å². The first kappa shape index (κ1) is 20.6. The molecule has 0 saturated carbocycles. The van der Waals surface area contributed by atoms with Crippen LogP contribution in [0, 0.1) is 12.1 Å². The Balaban J connectivity index is 1.70. The topological polar surface area (TPSA) is 90.9 Å². The molecule has 9 nitrogen and oxygen atoms in total. The third kappa shape index (κ3) is 3.64. The zero-order valence-corrected chi connectivity index (χ0v) is 17.3. The molecule has 4 rings (SSSR count). The molecule has 0 spiro atoms. The summed E-state index contributed by atoms with van der Waals surface area (Å²) in [4.78, 5) is 39.1. The molecule has 31 heavy (non-hydrogen) atoms. The molecule has 0 unspecified atom stereocenters. The first-order valence-corrected chi connectivity index (χ1v) is 9.65. The van der Waals surface area contributed by atoms with Crippen molar-refractivity contribution >= 4 is 29.5 Å². The van der Waals surface area contributed by atoms with Gasteiger partial charge in [0.15, 0.2) is 0 Å². The van der Waals surface area contributed by atoms with Gasteiger partial charge in [-0.05, 0) is 31.2 Å². The van der Waals surface area contributed by atoms with Crippen LogP contribution < -0.4 is 20.0 Å². The lowest BCUT2D eigenvalue weighted by Gasteiger charge is -2.20. The molecule has 160 valence electrons. The fourth-order valence-electron chi connectivity index (χ4n) is 3.62. The zero-order valence-electron chi connectivity index (χ0n) is 17.3. The van der Waals surface area contributed by atoms with Crippen molar-refractivity contribution in [2.45, 2.75) is 19.1 Å². The number of cyclic esters (lactones) is 1. The van der Waals surface area contributed by atoms with Gasteiger partial charge in [-0.2, -0.15) is 0 Å². The quantitative estimate of drug-likeness (QED) is 0.731. The molecule has 2 aromatic heterocycles. The zero-order chi connectivity index (χ0) is 22.1. The summed E-state index contributed by atoms with van der Waals surface area (Å²) in [6.45, 7) is 0.768. The van der Waals surface area contributed by atoms with Crippen molar-refractivity contribution in [2.24, 2.45) is 0 Å².